The number of aromatic nitrogens is 4. The summed E-state index contributed by atoms with van der Waals surface area (Å²) in [6.07, 6.45) is 0.721. The van der Waals surface area contributed by atoms with Crippen molar-refractivity contribution in [2.75, 3.05) is 0 Å². The van der Waals surface area contributed by atoms with Crippen molar-refractivity contribution < 1.29 is 0 Å². The SMILES string of the molecule is N[C@H](Cc1ccccc1I)c1nn[nH]n1. The molecule has 1 atom stereocenters. The summed E-state index contributed by atoms with van der Waals surface area (Å²) in [5.74, 6) is 0.551. The number of nitrogens with one attached hydrogen (secondary N) is 1. The van der Waals surface area contributed by atoms with Gasteiger partial charge in [0.1, 0.15) is 0 Å². The van der Waals surface area contributed by atoms with E-state index in [0.29, 0.717) is 5.82 Å². The summed E-state index contributed by atoms with van der Waals surface area (Å²) in [5.41, 5.74) is 7.16. The Labute approximate surface area is 101 Å². The summed E-state index contributed by atoms with van der Waals surface area (Å²) in [6.45, 7) is 0. The van der Waals surface area contributed by atoms with Gasteiger partial charge < -0.3 is 5.73 Å². The minimum Gasteiger partial charge on any atom is -0.321 e. The second-order valence-corrected chi connectivity index (χ2v) is 4.33. The predicted octanol–water partition coefficient (Wildman–Crippen LogP) is 1.05. The van der Waals surface area contributed by atoms with Gasteiger partial charge in [0.15, 0.2) is 5.82 Å². The molecule has 2 aromatic rings. The molecule has 0 saturated heterocycles. The van der Waals surface area contributed by atoms with Crippen LogP contribution in [0.5, 0.6) is 0 Å². The van der Waals surface area contributed by atoms with Gasteiger partial charge >= 0.3 is 0 Å². The lowest BCUT2D eigenvalue weighted by Crippen LogP contribution is -2.15. The van der Waals surface area contributed by atoms with Gasteiger partial charge in [-0.05, 0) is 40.6 Å². The molecule has 0 bridgehead atoms. The van der Waals surface area contributed by atoms with E-state index in [2.05, 4.69) is 55.3 Å². The van der Waals surface area contributed by atoms with E-state index in [1.54, 1.807) is 0 Å². The summed E-state index contributed by atoms with van der Waals surface area (Å²) < 4.78 is 1.20. The Hall–Kier alpha value is -1.02. The van der Waals surface area contributed by atoms with Crippen LogP contribution in [0.4, 0.5) is 0 Å². The standard InChI is InChI=1S/C9H10IN5/c10-7-4-2-1-3-6(7)5-8(11)9-12-14-15-13-9/h1-4,8H,5,11H2,(H,12,13,14,15)/t8-/m1/s1. The number of aromatic amines is 1. The molecule has 0 aliphatic carbocycles. The second-order valence-electron chi connectivity index (χ2n) is 3.17. The summed E-state index contributed by atoms with van der Waals surface area (Å²) in [6, 6.07) is 7.91. The van der Waals surface area contributed by atoms with Gasteiger partial charge in [-0.3, -0.25) is 0 Å². The smallest absolute Gasteiger partial charge is 0.191 e. The first kappa shape index (κ1) is 10.5. The first-order valence-electron chi connectivity index (χ1n) is 4.49. The van der Waals surface area contributed by atoms with Crippen LogP contribution in [-0.2, 0) is 6.42 Å². The molecule has 6 heteroatoms. The molecule has 3 N–H and O–H groups in total. The number of benzene rings is 1. The van der Waals surface area contributed by atoms with E-state index in [-0.39, 0.29) is 6.04 Å². The molecule has 2 rings (SSSR count). The Morgan fingerprint density at radius 3 is 2.87 bits per heavy atom. The molecule has 5 nitrogen and oxygen atoms in total. The number of nitrogens with two attached hydrogens (primary N) is 1. The maximum atomic E-state index is 5.95. The lowest BCUT2D eigenvalue weighted by molar-refractivity contribution is 0.667. The topological polar surface area (TPSA) is 80.5 Å². The van der Waals surface area contributed by atoms with E-state index in [4.69, 9.17) is 5.73 Å². The van der Waals surface area contributed by atoms with E-state index in [1.165, 1.54) is 9.13 Å². The third-order valence-electron chi connectivity index (χ3n) is 2.09. The van der Waals surface area contributed by atoms with E-state index in [9.17, 15) is 0 Å². The van der Waals surface area contributed by atoms with Crippen molar-refractivity contribution >= 4 is 22.6 Å². The van der Waals surface area contributed by atoms with Crippen molar-refractivity contribution in [1.29, 1.82) is 0 Å². The van der Waals surface area contributed by atoms with Crippen LogP contribution in [0.1, 0.15) is 17.4 Å². The molecule has 0 fully saturated rings. The normalized spacial score (nSPS) is 12.7. The van der Waals surface area contributed by atoms with Crippen LogP contribution in [-0.4, -0.2) is 20.6 Å². The number of hydrogen-bond donors (Lipinski definition) is 2. The highest BCUT2D eigenvalue weighted by molar-refractivity contribution is 14.1. The van der Waals surface area contributed by atoms with Crippen LogP contribution in [0.15, 0.2) is 24.3 Å². The Bertz CT molecular complexity index is 428. The summed E-state index contributed by atoms with van der Waals surface area (Å²) in [7, 11) is 0. The van der Waals surface area contributed by atoms with Crippen molar-refractivity contribution in [1.82, 2.24) is 20.6 Å². The Morgan fingerprint density at radius 1 is 1.40 bits per heavy atom. The minimum absolute atomic E-state index is 0.209. The van der Waals surface area contributed by atoms with E-state index >= 15 is 0 Å². The average Bonchev–Trinajstić information content (AvgIpc) is 2.74. The maximum Gasteiger partial charge on any atom is 0.191 e. The minimum atomic E-state index is -0.209. The summed E-state index contributed by atoms with van der Waals surface area (Å²) in [5, 5.41) is 13.6. The van der Waals surface area contributed by atoms with Gasteiger partial charge in [-0.15, -0.1) is 10.2 Å². The highest BCUT2D eigenvalue weighted by atomic mass is 127. The molecule has 0 aliphatic rings. The van der Waals surface area contributed by atoms with Crippen molar-refractivity contribution in [2.45, 2.75) is 12.5 Å². The zero-order valence-electron chi connectivity index (χ0n) is 7.89. The van der Waals surface area contributed by atoms with Crippen LogP contribution in [0.2, 0.25) is 0 Å². The van der Waals surface area contributed by atoms with Gasteiger partial charge in [0.2, 0.25) is 0 Å². The molecule has 0 spiro atoms. The van der Waals surface area contributed by atoms with E-state index in [1.807, 2.05) is 12.1 Å². The van der Waals surface area contributed by atoms with Crippen LogP contribution in [0, 0.1) is 3.57 Å². The largest absolute Gasteiger partial charge is 0.321 e. The Balaban J connectivity index is 2.13. The second kappa shape index (κ2) is 4.67. The van der Waals surface area contributed by atoms with Gasteiger partial charge in [-0.2, -0.15) is 5.21 Å². The average molecular weight is 315 g/mol. The van der Waals surface area contributed by atoms with Crippen LogP contribution in [0.3, 0.4) is 0 Å². The number of nitrogens with zero attached hydrogens (tertiary/aromatic N) is 3. The zero-order valence-corrected chi connectivity index (χ0v) is 10.0. The molecule has 1 heterocycles. The molecule has 0 amide bonds. The summed E-state index contributed by atoms with van der Waals surface area (Å²) in [4.78, 5) is 0. The molecule has 78 valence electrons. The fourth-order valence-corrected chi connectivity index (χ4v) is 1.93. The van der Waals surface area contributed by atoms with E-state index in [0.717, 1.165) is 6.42 Å². The number of halogens is 1. The zero-order chi connectivity index (χ0) is 10.7. The van der Waals surface area contributed by atoms with Crippen LogP contribution < -0.4 is 5.73 Å². The highest BCUT2D eigenvalue weighted by Crippen LogP contribution is 2.17. The molecule has 1 aromatic heterocycles. The predicted molar refractivity (Wildman–Crippen MR) is 64.0 cm³/mol. The first-order valence-corrected chi connectivity index (χ1v) is 5.57. The molecule has 0 saturated carbocycles. The lowest BCUT2D eigenvalue weighted by atomic mass is 10.1. The molecule has 0 aliphatic heterocycles. The number of rotatable bonds is 3. The van der Waals surface area contributed by atoms with Gasteiger partial charge in [0.25, 0.3) is 0 Å². The molecule has 0 unspecified atom stereocenters. The summed E-state index contributed by atoms with van der Waals surface area (Å²) >= 11 is 2.29. The monoisotopic (exact) mass is 315 g/mol. The fraction of sp³-hybridized carbons (Fsp3) is 0.222. The van der Waals surface area contributed by atoms with Gasteiger partial charge in [-0.25, -0.2) is 0 Å². The van der Waals surface area contributed by atoms with Gasteiger partial charge in [0, 0.05) is 3.57 Å². The van der Waals surface area contributed by atoms with Crippen LogP contribution in [0.25, 0.3) is 0 Å². The first-order chi connectivity index (χ1) is 7.27. The van der Waals surface area contributed by atoms with Crippen molar-refractivity contribution in [3.05, 3.63) is 39.2 Å². The lowest BCUT2D eigenvalue weighted by Gasteiger charge is -2.08. The van der Waals surface area contributed by atoms with E-state index < -0.39 is 0 Å². The Kier molecular flexibility index (Phi) is 3.27. The quantitative estimate of drug-likeness (QED) is 0.830. The molecule has 0 radical (unpaired) electrons. The molecular weight excluding hydrogens is 305 g/mol. The third kappa shape index (κ3) is 2.51. The van der Waals surface area contributed by atoms with Gasteiger partial charge in [0.05, 0.1) is 6.04 Å². The number of hydrogen-bond acceptors (Lipinski definition) is 4. The number of tetrazole rings is 1. The highest BCUT2D eigenvalue weighted by Gasteiger charge is 2.12. The third-order valence-corrected chi connectivity index (χ3v) is 3.14. The maximum absolute atomic E-state index is 5.95. The van der Waals surface area contributed by atoms with Crippen molar-refractivity contribution in [3.8, 4) is 0 Å². The van der Waals surface area contributed by atoms with Crippen molar-refractivity contribution in [3.63, 3.8) is 0 Å². The Morgan fingerprint density at radius 2 is 2.20 bits per heavy atom. The fourth-order valence-electron chi connectivity index (χ4n) is 1.32. The molecular formula is C9H10IN5. The molecule has 1 aromatic carbocycles. The number of H-pyrrole nitrogens is 1. The van der Waals surface area contributed by atoms with Crippen LogP contribution >= 0.6 is 22.6 Å². The van der Waals surface area contributed by atoms with Gasteiger partial charge in [-0.1, -0.05) is 23.4 Å². The molecule has 15 heavy (non-hydrogen) atoms. The van der Waals surface area contributed by atoms with Crippen molar-refractivity contribution in [2.24, 2.45) is 5.73 Å².